The predicted octanol–water partition coefficient (Wildman–Crippen LogP) is 17.6. The van der Waals surface area contributed by atoms with Crippen molar-refractivity contribution < 1.29 is 0 Å². The van der Waals surface area contributed by atoms with Gasteiger partial charge in [-0.15, -0.1) is 0 Å². The first kappa shape index (κ1) is 38.2. The highest BCUT2D eigenvalue weighted by Crippen LogP contribution is 2.56. The zero-order valence-corrected chi connectivity index (χ0v) is 38.0. The molecule has 0 nitrogen and oxygen atoms in total. The fraction of sp³-hybridized carbons (Fsp3) is 0.138. The number of hydrogen-bond acceptors (Lipinski definition) is 0. The molecule has 0 saturated carbocycles. The summed E-state index contributed by atoms with van der Waals surface area (Å²) in [5, 5.41) is 5.09. The molecule has 13 rings (SSSR count). The van der Waals surface area contributed by atoms with E-state index < -0.39 is 0 Å². The summed E-state index contributed by atoms with van der Waals surface area (Å²) in [7, 11) is 0. The average molecular weight is 831 g/mol. The van der Waals surface area contributed by atoms with Gasteiger partial charge in [-0.3, -0.25) is 0 Å². The van der Waals surface area contributed by atoms with Crippen molar-refractivity contribution in [3.63, 3.8) is 0 Å². The number of benzene rings is 10. The first-order valence-electron chi connectivity index (χ1n) is 23.3. The standard InChI is InChI=1S/C65H50/c1-63(2)56-24-14-11-20-51(56)62-52(21-15-25-57(62)63)61-49-19-8-7-18-48(49)60(40-28-26-39(27-29-40)42-30-33-46-44-16-9-12-22-54(44)64(3,4)58(46)37-42)50-35-32-41(36-53(50)61)43-31-34-47-45-17-10-13-23-55(45)65(5,6)59(47)38-43/h7-38H,1-6H3. The fourth-order valence-corrected chi connectivity index (χ4v) is 12.5. The summed E-state index contributed by atoms with van der Waals surface area (Å²) in [5.41, 5.74) is 26.4. The van der Waals surface area contributed by atoms with Crippen LogP contribution in [0.25, 0.3) is 99.4 Å². The zero-order valence-electron chi connectivity index (χ0n) is 38.0. The van der Waals surface area contributed by atoms with Gasteiger partial charge >= 0.3 is 0 Å². The number of hydrogen-bond donors (Lipinski definition) is 0. The third kappa shape index (κ3) is 5.26. The Hall–Kier alpha value is -7.28. The van der Waals surface area contributed by atoms with Gasteiger partial charge in [-0.25, -0.2) is 0 Å². The lowest BCUT2D eigenvalue weighted by molar-refractivity contribution is 0.660. The molecule has 0 saturated heterocycles. The van der Waals surface area contributed by atoms with E-state index in [1.807, 2.05) is 0 Å². The minimum atomic E-state index is -0.103. The van der Waals surface area contributed by atoms with Gasteiger partial charge in [-0.1, -0.05) is 217 Å². The van der Waals surface area contributed by atoms with E-state index in [1.165, 1.54) is 133 Å². The van der Waals surface area contributed by atoms with Crippen LogP contribution in [-0.2, 0) is 16.2 Å². The summed E-state index contributed by atoms with van der Waals surface area (Å²) in [5.74, 6) is 0. The Kier molecular flexibility index (Phi) is 7.86. The average Bonchev–Trinajstić information content (AvgIpc) is 3.82. The molecule has 0 heteroatoms. The van der Waals surface area contributed by atoms with Crippen LogP contribution in [0.15, 0.2) is 194 Å². The summed E-state index contributed by atoms with van der Waals surface area (Å²) >= 11 is 0. The van der Waals surface area contributed by atoms with Crippen LogP contribution >= 0.6 is 0 Å². The van der Waals surface area contributed by atoms with Crippen molar-refractivity contribution in [1.82, 2.24) is 0 Å². The summed E-state index contributed by atoms with van der Waals surface area (Å²) < 4.78 is 0. The lowest BCUT2D eigenvalue weighted by atomic mass is 9.80. The van der Waals surface area contributed by atoms with E-state index in [1.54, 1.807) is 0 Å². The SMILES string of the molecule is CC1(C)c2ccccc2-c2ccc(-c3ccc(-c4c5ccccc5c(-c5cccc6c5-c5ccccc5C6(C)C)c5cc(-c6ccc7c(c6)C(C)(C)c6ccccc6-7)ccc45)cc3)cc21. The Bertz CT molecular complexity index is 3660. The van der Waals surface area contributed by atoms with Gasteiger partial charge in [0, 0.05) is 16.2 Å². The quantitative estimate of drug-likeness (QED) is 0.155. The number of fused-ring (bicyclic) bond motifs is 11. The second-order valence-corrected chi connectivity index (χ2v) is 20.4. The van der Waals surface area contributed by atoms with E-state index in [-0.39, 0.29) is 16.2 Å². The van der Waals surface area contributed by atoms with E-state index in [2.05, 4.69) is 236 Å². The molecule has 0 N–H and O–H groups in total. The molecule has 0 amide bonds. The Morgan fingerprint density at radius 3 is 1.22 bits per heavy atom. The molecule has 0 atom stereocenters. The molecular formula is C65H50. The number of rotatable bonds is 4. The van der Waals surface area contributed by atoms with Crippen LogP contribution < -0.4 is 0 Å². The van der Waals surface area contributed by atoms with Gasteiger partial charge < -0.3 is 0 Å². The lowest BCUT2D eigenvalue weighted by Gasteiger charge is -2.23. The normalized spacial score (nSPS) is 15.3. The van der Waals surface area contributed by atoms with Gasteiger partial charge in [0.05, 0.1) is 0 Å². The van der Waals surface area contributed by atoms with Gasteiger partial charge in [0.25, 0.3) is 0 Å². The lowest BCUT2D eigenvalue weighted by Crippen LogP contribution is -2.14. The Morgan fingerprint density at radius 1 is 0.215 bits per heavy atom. The van der Waals surface area contributed by atoms with Crippen LogP contribution in [-0.4, -0.2) is 0 Å². The monoisotopic (exact) mass is 830 g/mol. The first-order chi connectivity index (χ1) is 31.5. The Morgan fingerprint density at radius 2 is 0.600 bits per heavy atom. The first-order valence-corrected chi connectivity index (χ1v) is 23.3. The highest BCUT2D eigenvalue weighted by molar-refractivity contribution is 6.23. The van der Waals surface area contributed by atoms with E-state index in [9.17, 15) is 0 Å². The van der Waals surface area contributed by atoms with Crippen molar-refractivity contribution in [3.05, 3.63) is 228 Å². The molecule has 0 heterocycles. The molecule has 0 fully saturated rings. The van der Waals surface area contributed by atoms with Gasteiger partial charge in [-0.2, -0.15) is 0 Å². The van der Waals surface area contributed by atoms with Crippen molar-refractivity contribution in [2.45, 2.75) is 57.8 Å². The smallest absolute Gasteiger partial charge is 0.0159 e. The van der Waals surface area contributed by atoms with Gasteiger partial charge in [0.2, 0.25) is 0 Å². The molecule has 0 radical (unpaired) electrons. The van der Waals surface area contributed by atoms with Crippen molar-refractivity contribution in [2.75, 3.05) is 0 Å². The van der Waals surface area contributed by atoms with Crippen molar-refractivity contribution in [2.24, 2.45) is 0 Å². The predicted molar refractivity (Wildman–Crippen MR) is 276 cm³/mol. The summed E-state index contributed by atoms with van der Waals surface area (Å²) in [6.07, 6.45) is 0. The third-order valence-electron chi connectivity index (χ3n) is 15.9. The Labute approximate surface area is 382 Å². The van der Waals surface area contributed by atoms with E-state index in [0.29, 0.717) is 0 Å². The second kappa shape index (κ2) is 13.4. The van der Waals surface area contributed by atoms with Gasteiger partial charge in [0.15, 0.2) is 0 Å². The Balaban J connectivity index is 1.03. The largest absolute Gasteiger partial charge is 0.0619 e. The molecule has 3 aliphatic rings. The van der Waals surface area contributed by atoms with E-state index >= 15 is 0 Å². The second-order valence-electron chi connectivity index (χ2n) is 20.4. The van der Waals surface area contributed by atoms with Crippen LogP contribution in [0.4, 0.5) is 0 Å². The molecule has 10 aromatic rings. The summed E-state index contributed by atoms with van der Waals surface area (Å²) in [6, 6.07) is 74.0. The molecule has 0 spiro atoms. The molecule has 0 bridgehead atoms. The molecule has 3 aliphatic carbocycles. The van der Waals surface area contributed by atoms with Crippen LogP contribution in [0.1, 0.15) is 74.9 Å². The maximum absolute atomic E-state index is 2.50. The summed E-state index contributed by atoms with van der Waals surface area (Å²) in [6.45, 7) is 14.3. The molecule has 10 aromatic carbocycles. The van der Waals surface area contributed by atoms with Crippen LogP contribution in [0.3, 0.4) is 0 Å². The van der Waals surface area contributed by atoms with Crippen LogP contribution in [0, 0.1) is 0 Å². The van der Waals surface area contributed by atoms with E-state index in [0.717, 1.165) is 0 Å². The minimum absolute atomic E-state index is 0.0436. The third-order valence-corrected chi connectivity index (χ3v) is 15.9. The van der Waals surface area contributed by atoms with Gasteiger partial charge in [-0.05, 0) is 151 Å². The maximum Gasteiger partial charge on any atom is 0.0159 e. The van der Waals surface area contributed by atoms with Crippen molar-refractivity contribution in [3.8, 4) is 77.9 Å². The fourth-order valence-electron chi connectivity index (χ4n) is 12.5. The van der Waals surface area contributed by atoms with Crippen molar-refractivity contribution in [1.29, 1.82) is 0 Å². The van der Waals surface area contributed by atoms with Crippen LogP contribution in [0.5, 0.6) is 0 Å². The molecule has 310 valence electrons. The van der Waals surface area contributed by atoms with Crippen LogP contribution in [0.2, 0.25) is 0 Å². The molecule has 0 aromatic heterocycles. The zero-order chi connectivity index (χ0) is 44.0. The van der Waals surface area contributed by atoms with E-state index in [4.69, 9.17) is 0 Å². The minimum Gasteiger partial charge on any atom is -0.0619 e. The van der Waals surface area contributed by atoms with Gasteiger partial charge in [0.1, 0.15) is 0 Å². The maximum atomic E-state index is 2.50. The molecule has 65 heavy (non-hydrogen) atoms. The highest BCUT2D eigenvalue weighted by Gasteiger charge is 2.39. The summed E-state index contributed by atoms with van der Waals surface area (Å²) in [4.78, 5) is 0. The van der Waals surface area contributed by atoms with Crippen molar-refractivity contribution >= 4 is 21.5 Å². The molecular weight excluding hydrogens is 781 g/mol. The topological polar surface area (TPSA) is 0 Å². The molecule has 0 aliphatic heterocycles. The highest BCUT2D eigenvalue weighted by atomic mass is 14.4. The molecule has 0 unspecified atom stereocenters.